The minimum absolute atomic E-state index is 0.102. The van der Waals surface area contributed by atoms with Crippen molar-refractivity contribution in [1.82, 2.24) is 20.9 Å². The van der Waals surface area contributed by atoms with Crippen LogP contribution in [0.4, 0.5) is 0 Å². The lowest BCUT2D eigenvalue weighted by molar-refractivity contribution is 0.179. The van der Waals surface area contributed by atoms with E-state index >= 15 is 0 Å². The number of nitrogens with one attached hydrogen (secondary N) is 2. The summed E-state index contributed by atoms with van der Waals surface area (Å²) in [5.74, 6) is 6.26. The molecule has 0 amide bonds. The summed E-state index contributed by atoms with van der Waals surface area (Å²) in [4.78, 5) is 7.97. The van der Waals surface area contributed by atoms with E-state index in [0.29, 0.717) is 24.9 Å². The summed E-state index contributed by atoms with van der Waals surface area (Å²) in [6, 6.07) is 0.102. The van der Waals surface area contributed by atoms with Gasteiger partial charge in [0.25, 0.3) is 0 Å². The molecule has 8 nitrogen and oxygen atoms in total. The molecule has 4 N–H and O–H groups in total. The number of methoxy groups -OCH3 is 1. The zero-order valence-electron chi connectivity index (χ0n) is 9.30. The lowest BCUT2D eigenvalue weighted by Crippen LogP contribution is -2.46. The second-order valence-corrected chi connectivity index (χ2v) is 3.16. The van der Waals surface area contributed by atoms with Crippen LogP contribution in [0.1, 0.15) is 12.7 Å². The van der Waals surface area contributed by atoms with Gasteiger partial charge in [0, 0.05) is 13.2 Å². The smallest absolute Gasteiger partial charge is 0.213 e. The molecule has 0 radical (unpaired) electrons. The molecule has 0 aliphatic heterocycles. The SMILES string of the molecule is COCC(C)NC(=NCc1ncon1)NN. The van der Waals surface area contributed by atoms with Gasteiger partial charge in [-0.2, -0.15) is 4.98 Å². The standard InChI is InChI=1S/C8H16N6O2/c1-6(4-15-2)12-8(13-9)10-3-7-11-5-16-14-7/h5-6H,3-4,9H2,1-2H3,(H2,10,12,13). The van der Waals surface area contributed by atoms with Crippen LogP contribution in [0.25, 0.3) is 0 Å². The molecule has 0 fully saturated rings. The molecule has 90 valence electrons. The van der Waals surface area contributed by atoms with Crippen LogP contribution in [0.3, 0.4) is 0 Å². The summed E-state index contributed by atoms with van der Waals surface area (Å²) in [5, 5.41) is 6.66. The molecule has 1 aromatic rings. The van der Waals surface area contributed by atoms with E-state index in [4.69, 9.17) is 10.6 Å². The molecule has 0 saturated heterocycles. The Bertz CT molecular complexity index is 312. The van der Waals surface area contributed by atoms with Gasteiger partial charge in [0.05, 0.1) is 6.61 Å². The molecular formula is C8H16N6O2. The second kappa shape index (κ2) is 6.75. The van der Waals surface area contributed by atoms with Crippen molar-refractivity contribution in [1.29, 1.82) is 0 Å². The molecule has 0 saturated carbocycles. The first-order chi connectivity index (χ1) is 7.76. The number of ether oxygens (including phenoxy) is 1. The number of aromatic nitrogens is 2. The van der Waals surface area contributed by atoms with Crippen molar-refractivity contribution in [2.75, 3.05) is 13.7 Å². The molecule has 1 unspecified atom stereocenters. The van der Waals surface area contributed by atoms with Crippen molar-refractivity contribution in [2.24, 2.45) is 10.8 Å². The van der Waals surface area contributed by atoms with Crippen LogP contribution in [0.5, 0.6) is 0 Å². The van der Waals surface area contributed by atoms with E-state index in [0.717, 1.165) is 0 Å². The molecule has 0 aliphatic rings. The Morgan fingerprint density at radius 3 is 3.12 bits per heavy atom. The Morgan fingerprint density at radius 1 is 1.75 bits per heavy atom. The molecular weight excluding hydrogens is 212 g/mol. The Hall–Kier alpha value is -1.67. The predicted octanol–water partition coefficient (Wildman–Crippen LogP) is -0.987. The van der Waals surface area contributed by atoms with Crippen LogP contribution in [0.15, 0.2) is 15.9 Å². The lowest BCUT2D eigenvalue weighted by Gasteiger charge is -2.15. The van der Waals surface area contributed by atoms with Gasteiger partial charge in [0.15, 0.2) is 5.82 Å². The van der Waals surface area contributed by atoms with Gasteiger partial charge >= 0.3 is 0 Å². The van der Waals surface area contributed by atoms with E-state index in [2.05, 4.69) is 30.4 Å². The number of rotatable bonds is 5. The minimum atomic E-state index is 0.102. The molecule has 0 spiro atoms. The van der Waals surface area contributed by atoms with Crippen molar-refractivity contribution in [3.8, 4) is 0 Å². The van der Waals surface area contributed by atoms with Crippen LogP contribution in [-0.2, 0) is 11.3 Å². The fourth-order valence-electron chi connectivity index (χ4n) is 1.07. The van der Waals surface area contributed by atoms with Gasteiger partial charge in [-0.15, -0.1) is 0 Å². The predicted molar refractivity (Wildman–Crippen MR) is 57.2 cm³/mol. The normalized spacial score (nSPS) is 13.6. The molecule has 0 aliphatic carbocycles. The number of guanidine groups is 1. The molecule has 1 rings (SSSR count). The largest absolute Gasteiger partial charge is 0.383 e. The van der Waals surface area contributed by atoms with Crippen molar-refractivity contribution in [2.45, 2.75) is 19.5 Å². The highest BCUT2D eigenvalue weighted by Crippen LogP contribution is 1.91. The summed E-state index contributed by atoms with van der Waals surface area (Å²) in [7, 11) is 1.63. The zero-order valence-corrected chi connectivity index (χ0v) is 9.30. The number of nitrogens with zero attached hydrogens (tertiary/aromatic N) is 3. The first-order valence-electron chi connectivity index (χ1n) is 4.78. The molecule has 1 aromatic heterocycles. The Kier molecular flexibility index (Phi) is 5.23. The Balaban J connectivity index is 2.43. The quantitative estimate of drug-likeness (QED) is 0.257. The van der Waals surface area contributed by atoms with E-state index in [1.54, 1.807) is 7.11 Å². The number of hydrazine groups is 1. The topological polar surface area (TPSA) is 111 Å². The number of hydrogen-bond donors (Lipinski definition) is 3. The summed E-state index contributed by atoms with van der Waals surface area (Å²) < 4.78 is 9.55. The van der Waals surface area contributed by atoms with Gasteiger partial charge in [-0.25, -0.2) is 10.8 Å². The van der Waals surface area contributed by atoms with Gasteiger partial charge in [-0.05, 0) is 6.92 Å². The molecule has 1 atom stereocenters. The minimum Gasteiger partial charge on any atom is -0.383 e. The van der Waals surface area contributed by atoms with Crippen molar-refractivity contribution >= 4 is 5.96 Å². The molecule has 0 aromatic carbocycles. The summed E-state index contributed by atoms with van der Waals surface area (Å²) >= 11 is 0. The maximum absolute atomic E-state index is 5.31. The maximum atomic E-state index is 5.31. The van der Waals surface area contributed by atoms with Gasteiger partial charge in [-0.3, -0.25) is 5.43 Å². The summed E-state index contributed by atoms with van der Waals surface area (Å²) in [5.41, 5.74) is 2.45. The number of nitrogens with two attached hydrogens (primary N) is 1. The third-order valence-corrected chi connectivity index (χ3v) is 1.72. The van der Waals surface area contributed by atoms with Crippen LogP contribution in [0, 0.1) is 0 Å². The number of hydrogen-bond acceptors (Lipinski definition) is 6. The average Bonchev–Trinajstić information content (AvgIpc) is 2.77. The Morgan fingerprint density at radius 2 is 2.56 bits per heavy atom. The van der Waals surface area contributed by atoms with E-state index in [1.165, 1.54) is 6.39 Å². The van der Waals surface area contributed by atoms with Gasteiger partial charge < -0.3 is 14.6 Å². The fraction of sp³-hybridized carbons (Fsp3) is 0.625. The second-order valence-electron chi connectivity index (χ2n) is 3.16. The zero-order chi connectivity index (χ0) is 11.8. The highest BCUT2D eigenvalue weighted by Gasteiger charge is 2.04. The molecule has 8 heteroatoms. The molecule has 1 heterocycles. The van der Waals surface area contributed by atoms with E-state index in [-0.39, 0.29) is 6.04 Å². The number of aliphatic imine (C=N–C) groups is 1. The summed E-state index contributed by atoms with van der Waals surface area (Å²) in [6.45, 7) is 2.80. The third kappa shape index (κ3) is 4.24. The first-order valence-corrected chi connectivity index (χ1v) is 4.78. The van der Waals surface area contributed by atoms with Crippen molar-refractivity contribution < 1.29 is 9.26 Å². The lowest BCUT2D eigenvalue weighted by atomic mass is 10.4. The van der Waals surface area contributed by atoms with Gasteiger partial charge in [-0.1, -0.05) is 5.16 Å². The maximum Gasteiger partial charge on any atom is 0.213 e. The molecule has 16 heavy (non-hydrogen) atoms. The first kappa shape index (κ1) is 12.4. The summed E-state index contributed by atoms with van der Waals surface area (Å²) in [6.07, 6.45) is 1.25. The average molecular weight is 228 g/mol. The Labute approximate surface area is 93.2 Å². The van der Waals surface area contributed by atoms with Gasteiger partial charge in [0.2, 0.25) is 12.4 Å². The van der Waals surface area contributed by atoms with E-state index in [1.807, 2.05) is 6.92 Å². The van der Waals surface area contributed by atoms with Crippen LogP contribution in [-0.4, -0.2) is 35.9 Å². The van der Waals surface area contributed by atoms with Crippen molar-refractivity contribution in [3.05, 3.63) is 12.2 Å². The third-order valence-electron chi connectivity index (χ3n) is 1.72. The highest BCUT2D eigenvalue weighted by molar-refractivity contribution is 5.79. The highest BCUT2D eigenvalue weighted by atomic mass is 16.5. The van der Waals surface area contributed by atoms with Crippen LogP contribution < -0.4 is 16.6 Å². The van der Waals surface area contributed by atoms with E-state index in [9.17, 15) is 0 Å². The van der Waals surface area contributed by atoms with Gasteiger partial charge in [0.1, 0.15) is 6.54 Å². The monoisotopic (exact) mass is 228 g/mol. The fourth-order valence-corrected chi connectivity index (χ4v) is 1.07. The van der Waals surface area contributed by atoms with Crippen molar-refractivity contribution in [3.63, 3.8) is 0 Å². The van der Waals surface area contributed by atoms with Crippen LogP contribution >= 0.6 is 0 Å². The molecule has 0 bridgehead atoms. The van der Waals surface area contributed by atoms with Crippen LogP contribution in [0.2, 0.25) is 0 Å². The van der Waals surface area contributed by atoms with E-state index < -0.39 is 0 Å².